The third-order valence-electron chi connectivity index (χ3n) is 3.73. The molecule has 1 fully saturated rings. The van der Waals surface area contributed by atoms with Gasteiger partial charge in [0.25, 0.3) is 5.91 Å². The maximum atomic E-state index is 12.0. The predicted octanol–water partition coefficient (Wildman–Crippen LogP) is 2.32. The first-order chi connectivity index (χ1) is 9.58. The van der Waals surface area contributed by atoms with E-state index in [0.717, 1.165) is 17.5 Å². The molecule has 0 spiro atoms. The zero-order valence-corrected chi connectivity index (χ0v) is 13.2. The summed E-state index contributed by atoms with van der Waals surface area (Å²) in [6.45, 7) is 3.47. The maximum absolute atomic E-state index is 12.0. The molecule has 1 aromatic rings. The number of nitrogen functional groups attached to an aromatic ring is 1. The molecule has 20 heavy (non-hydrogen) atoms. The standard InChI is InChI=1S/C14H23N3O2S/c1-4-16-13(18)12-10(15)11(19-3)14(20-12)17(2)8-9-6-5-7-9/h9H,4-8,15H2,1-3H3,(H,16,18). The summed E-state index contributed by atoms with van der Waals surface area (Å²) in [7, 11) is 3.63. The van der Waals surface area contributed by atoms with Gasteiger partial charge in [0.1, 0.15) is 15.6 Å². The van der Waals surface area contributed by atoms with E-state index in [1.54, 1.807) is 7.11 Å². The highest BCUT2D eigenvalue weighted by molar-refractivity contribution is 7.19. The van der Waals surface area contributed by atoms with Crippen LogP contribution in [0.2, 0.25) is 0 Å². The Balaban J connectivity index is 2.22. The quantitative estimate of drug-likeness (QED) is 0.845. The SMILES string of the molecule is CCNC(=O)c1sc(N(C)CC2CCC2)c(OC)c1N. The van der Waals surface area contributed by atoms with Crippen molar-refractivity contribution in [1.29, 1.82) is 0 Å². The maximum Gasteiger partial charge on any atom is 0.263 e. The molecule has 0 bridgehead atoms. The molecule has 3 N–H and O–H groups in total. The van der Waals surface area contributed by atoms with Gasteiger partial charge in [-0.2, -0.15) is 0 Å². The van der Waals surface area contributed by atoms with Crippen molar-refractivity contribution in [2.75, 3.05) is 37.9 Å². The molecule has 1 aromatic heterocycles. The summed E-state index contributed by atoms with van der Waals surface area (Å²) in [6, 6.07) is 0. The minimum absolute atomic E-state index is 0.128. The van der Waals surface area contributed by atoms with Crippen molar-refractivity contribution in [3.63, 3.8) is 0 Å². The minimum Gasteiger partial charge on any atom is -0.492 e. The van der Waals surface area contributed by atoms with E-state index in [1.165, 1.54) is 30.6 Å². The van der Waals surface area contributed by atoms with E-state index in [4.69, 9.17) is 10.5 Å². The van der Waals surface area contributed by atoms with Crippen molar-refractivity contribution in [3.8, 4) is 5.75 Å². The molecule has 0 aromatic carbocycles. The lowest BCUT2D eigenvalue weighted by molar-refractivity contribution is 0.0960. The van der Waals surface area contributed by atoms with Gasteiger partial charge in [0.2, 0.25) is 0 Å². The topological polar surface area (TPSA) is 67.6 Å². The smallest absolute Gasteiger partial charge is 0.263 e. The second-order valence-corrected chi connectivity index (χ2v) is 6.22. The Hall–Kier alpha value is -1.43. The molecule has 0 saturated heterocycles. The number of hydrogen-bond acceptors (Lipinski definition) is 5. The number of nitrogens with two attached hydrogens (primary N) is 1. The zero-order chi connectivity index (χ0) is 14.7. The van der Waals surface area contributed by atoms with Gasteiger partial charge in [-0.15, -0.1) is 11.3 Å². The van der Waals surface area contributed by atoms with Crippen molar-refractivity contribution < 1.29 is 9.53 Å². The van der Waals surface area contributed by atoms with Crippen LogP contribution in [-0.2, 0) is 0 Å². The number of ether oxygens (including phenoxy) is 1. The summed E-state index contributed by atoms with van der Waals surface area (Å²) in [4.78, 5) is 14.7. The summed E-state index contributed by atoms with van der Waals surface area (Å²) < 4.78 is 5.40. The summed E-state index contributed by atoms with van der Waals surface area (Å²) >= 11 is 1.41. The van der Waals surface area contributed by atoms with Gasteiger partial charge in [0.15, 0.2) is 5.75 Å². The highest BCUT2D eigenvalue weighted by atomic mass is 32.1. The normalized spacial score (nSPS) is 14.8. The van der Waals surface area contributed by atoms with Crippen LogP contribution in [0.15, 0.2) is 0 Å². The lowest BCUT2D eigenvalue weighted by atomic mass is 9.85. The van der Waals surface area contributed by atoms with Gasteiger partial charge in [-0.25, -0.2) is 0 Å². The summed E-state index contributed by atoms with van der Waals surface area (Å²) in [5.41, 5.74) is 6.50. The molecule has 2 rings (SSSR count). The van der Waals surface area contributed by atoms with Crippen molar-refractivity contribution in [2.45, 2.75) is 26.2 Å². The average molecular weight is 297 g/mol. The van der Waals surface area contributed by atoms with Crippen LogP contribution < -0.4 is 20.7 Å². The first-order valence-corrected chi connectivity index (χ1v) is 7.85. The van der Waals surface area contributed by atoms with E-state index in [0.29, 0.717) is 22.9 Å². The van der Waals surface area contributed by atoms with Crippen LogP contribution in [0.5, 0.6) is 5.75 Å². The van der Waals surface area contributed by atoms with Crippen LogP contribution in [0.4, 0.5) is 10.7 Å². The van der Waals surface area contributed by atoms with Gasteiger partial charge in [-0.1, -0.05) is 6.42 Å². The molecule has 5 nitrogen and oxygen atoms in total. The number of amides is 1. The molecule has 112 valence electrons. The van der Waals surface area contributed by atoms with Gasteiger partial charge in [0.05, 0.1) is 7.11 Å². The predicted molar refractivity (Wildman–Crippen MR) is 83.9 cm³/mol. The minimum atomic E-state index is -0.128. The Morgan fingerprint density at radius 1 is 1.55 bits per heavy atom. The monoisotopic (exact) mass is 297 g/mol. The number of carbonyl (C=O) groups excluding carboxylic acids is 1. The van der Waals surface area contributed by atoms with Gasteiger partial charge >= 0.3 is 0 Å². The summed E-state index contributed by atoms with van der Waals surface area (Å²) in [5, 5.41) is 3.73. The van der Waals surface area contributed by atoms with E-state index in [1.807, 2.05) is 14.0 Å². The molecule has 0 aliphatic heterocycles. The highest BCUT2D eigenvalue weighted by Gasteiger charge is 2.26. The molecule has 1 heterocycles. The molecule has 1 amide bonds. The molecule has 1 saturated carbocycles. The average Bonchev–Trinajstić information content (AvgIpc) is 2.71. The van der Waals surface area contributed by atoms with Crippen LogP contribution in [0.25, 0.3) is 0 Å². The number of thiophene rings is 1. The molecule has 0 radical (unpaired) electrons. The number of nitrogens with zero attached hydrogens (tertiary/aromatic N) is 1. The van der Waals surface area contributed by atoms with Crippen molar-refractivity contribution in [3.05, 3.63) is 4.88 Å². The van der Waals surface area contributed by atoms with Crippen LogP contribution in [-0.4, -0.2) is 33.2 Å². The number of anilines is 2. The number of nitrogens with one attached hydrogen (secondary N) is 1. The molecular weight excluding hydrogens is 274 g/mol. The van der Waals surface area contributed by atoms with Gasteiger partial charge in [-0.05, 0) is 25.7 Å². The first-order valence-electron chi connectivity index (χ1n) is 7.04. The first kappa shape index (κ1) is 15.0. The Kier molecular flexibility index (Phi) is 4.75. The number of rotatable bonds is 6. The van der Waals surface area contributed by atoms with Crippen LogP contribution in [0.1, 0.15) is 35.9 Å². The zero-order valence-electron chi connectivity index (χ0n) is 12.4. The van der Waals surface area contributed by atoms with Crippen molar-refractivity contribution >= 4 is 27.9 Å². The van der Waals surface area contributed by atoms with Gasteiger partial charge in [0, 0.05) is 20.1 Å². The fourth-order valence-electron chi connectivity index (χ4n) is 2.42. The Morgan fingerprint density at radius 2 is 2.25 bits per heavy atom. The van der Waals surface area contributed by atoms with Crippen LogP contribution in [0.3, 0.4) is 0 Å². The van der Waals surface area contributed by atoms with E-state index < -0.39 is 0 Å². The number of carbonyl (C=O) groups is 1. The molecule has 1 aliphatic carbocycles. The fraction of sp³-hybridized carbons (Fsp3) is 0.643. The van der Waals surface area contributed by atoms with Crippen LogP contribution >= 0.6 is 11.3 Å². The Labute approximate surface area is 124 Å². The molecule has 0 atom stereocenters. The summed E-state index contributed by atoms with van der Waals surface area (Å²) in [5.74, 6) is 1.25. The Morgan fingerprint density at radius 3 is 2.75 bits per heavy atom. The second-order valence-electron chi connectivity index (χ2n) is 5.22. The lowest BCUT2D eigenvalue weighted by Gasteiger charge is -2.30. The molecule has 1 aliphatic rings. The van der Waals surface area contributed by atoms with Crippen LogP contribution in [0, 0.1) is 5.92 Å². The van der Waals surface area contributed by atoms with E-state index in [-0.39, 0.29) is 5.91 Å². The van der Waals surface area contributed by atoms with E-state index in [2.05, 4.69) is 10.2 Å². The number of methoxy groups -OCH3 is 1. The van der Waals surface area contributed by atoms with Gasteiger partial charge < -0.3 is 20.7 Å². The third kappa shape index (κ3) is 2.85. The second kappa shape index (κ2) is 6.35. The molecule has 0 unspecified atom stereocenters. The molecular formula is C14H23N3O2S. The lowest BCUT2D eigenvalue weighted by Crippen LogP contribution is -2.28. The highest BCUT2D eigenvalue weighted by Crippen LogP contribution is 2.45. The van der Waals surface area contributed by atoms with Gasteiger partial charge in [-0.3, -0.25) is 4.79 Å². The van der Waals surface area contributed by atoms with E-state index in [9.17, 15) is 4.79 Å². The fourth-order valence-corrected chi connectivity index (χ4v) is 3.50. The van der Waals surface area contributed by atoms with Crippen molar-refractivity contribution in [2.24, 2.45) is 5.92 Å². The third-order valence-corrected chi connectivity index (χ3v) is 5.03. The Bertz CT molecular complexity index is 483. The van der Waals surface area contributed by atoms with E-state index >= 15 is 0 Å². The largest absolute Gasteiger partial charge is 0.492 e. The number of hydrogen-bond donors (Lipinski definition) is 2. The van der Waals surface area contributed by atoms with Crippen molar-refractivity contribution in [1.82, 2.24) is 5.32 Å². The summed E-state index contributed by atoms with van der Waals surface area (Å²) in [6.07, 6.45) is 3.90. The molecule has 6 heteroatoms.